The van der Waals surface area contributed by atoms with Gasteiger partial charge in [-0.25, -0.2) is 8.42 Å². The molecule has 1 saturated carbocycles. The number of sulfonamides is 1. The Morgan fingerprint density at radius 1 is 0.957 bits per heavy atom. The molecule has 0 radical (unpaired) electrons. The first kappa shape index (κ1) is 14.8. The van der Waals surface area contributed by atoms with Crippen LogP contribution in [0.1, 0.15) is 32.1 Å². The van der Waals surface area contributed by atoms with Crippen molar-refractivity contribution in [2.45, 2.75) is 42.5 Å². The van der Waals surface area contributed by atoms with Crippen LogP contribution in [0.25, 0.3) is 10.8 Å². The molecule has 2 aromatic carbocycles. The first-order valence-electron chi connectivity index (χ1n) is 8.09. The van der Waals surface area contributed by atoms with Crippen molar-refractivity contribution in [3.8, 4) is 0 Å². The van der Waals surface area contributed by atoms with Crippen molar-refractivity contribution >= 4 is 26.6 Å². The van der Waals surface area contributed by atoms with Crippen LogP contribution in [-0.4, -0.2) is 30.6 Å². The zero-order chi connectivity index (χ0) is 16.1. The maximum Gasteiger partial charge on any atom is 0.244 e. The van der Waals surface area contributed by atoms with E-state index in [9.17, 15) is 13.2 Å². The van der Waals surface area contributed by atoms with E-state index in [2.05, 4.69) is 0 Å². The van der Waals surface area contributed by atoms with Crippen molar-refractivity contribution in [1.29, 1.82) is 0 Å². The van der Waals surface area contributed by atoms with E-state index < -0.39 is 15.6 Å². The Hall–Kier alpha value is -1.72. The average Bonchev–Trinajstić information content (AvgIpc) is 3.15. The molecule has 4 rings (SSSR count). The fraction of sp³-hybridized carbons (Fsp3) is 0.389. The molecule has 1 unspecified atom stereocenters. The highest BCUT2D eigenvalue weighted by molar-refractivity contribution is 7.89. The summed E-state index contributed by atoms with van der Waals surface area (Å²) < 4.78 is 27.8. The van der Waals surface area contributed by atoms with Crippen LogP contribution >= 0.6 is 0 Å². The largest absolute Gasteiger partial charge is 0.298 e. The Morgan fingerprint density at radius 3 is 2.43 bits per heavy atom. The summed E-state index contributed by atoms with van der Waals surface area (Å²) in [5, 5.41) is 1.92. The number of Topliss-reactive ketones (excluding diaryl/α,β-unsaturated/α-hetero) is 1. The fourth-order valence-corrected chi connectivity index (χ4v) is 5.99. The van der Waals surface area contributed by atoms with Gasteiger partial charge in [0, 0.05) is 13.0 Å². The van der Waals surface area contributed by atoms with Crippen molar-refractivity contribution in [1.82, 2.24) is 4.31 Å². The molecule has 120 valence electrons. The molecule has 1 spiro atoms. The van der Waals surface area contributed by atoms with Gasteiger partial charge in [0.05, 0.1) is 10.4 Å². The topological polar surface area (TPSA) is 54.5 Å². The van der Waals surface area contributed by atoms with Crippen LogP contribution < -0.4 is 0 Å². The molecule has 5 heteroatoms. The van der Waals surface area contributed by atoms with Gasteiger partial charge < -0.3 is 0 Å². The predicted molar refractivity (Wildman–Crippen MR) is 88.7 cm³/mol. The lowest BCUT2D eigenvalue weighted by atomic mass is 9.95. The summed E-state index contributed by atoms with van der Waals surface area (Å²) in [4.78, 5) is 12.7. The molecular weight excluding hydrogens is 310 g/mol. The van der Waals surface area contributed by atoms with E-state index in [0.29, 0.717) is 25.8 Å². The number of hydrogen-bond acceptors (Lipinski definition) is 3. The van der Waals surface area contributed by atoms with E-state index in [1.54, 1.807) is 12.1 Å². The smallest absolute Gasteiger partial charge is 0.244 e. The molecule has 1 aliphatic carbocycles. The van der Waals surface area contributed by atoms with Crippen molar-refractivity contribution in [3.05, 3.63) is 42.5 Å². The zero-order valence-electron chi connectivity index (χ0n) is 12.9. The predicted octanol–water partition coefficient (Wildman–Crippen LogP) is 3.12. The lowest BCUT2D eigenvalue weighted by Crippen LogP contribution is -2.50. The van der Waals surface area contributed by atoms with E-state index in [4.69, 9.17) is 0 Å². The van der Waals surface area contributed by atoms with Crippen molar-refractivity contribution in [2.24, 2.45) is 0 Å². The first-order valence-corrected chi connectivity index (χ1v) is 9.53. The van der Waals surface area contributed by atoms with Gasteiger partial charge in [-0.1, -0.05) is 30.3 Å². The number of fused-ring (bicyclic) bond motifs is 1. The average molecular weight is 329 g/mol. The van der Waals surface area contributed by atoms with Gasteiger partial charge in [-0.15, -0.1) is 0 Å². The van der Waals surface area contributed by atoms with Crippen LogP contribution in [0.3, 0.4) is 0 Å². The molecule has 23 heavy (non-hydrogen) atoms. The Bertz CT molecular complexity index is 886. The number of rotatable bonds is 2. The van der Waals surface area contributed by atoms with Gasteiger partial charge >= 0.3 is 0 Å². The summed E-state index contributed by atoms with van der Waals surface area (Å²) in [6.45, 7) is 0.445. The lowest BCUT2D eigenvalue weighted by molar-refractivity contribution is -0.124. The second-order valence-corrected chi connectivity index (χ2v) is 8.36. The Balaban J connectivity index is 1.81. The SMILES string of the molecule is O=C1CCCC12CCCN2S(=O)(=O)c1ccc2ccccc2c1. The maximum absolute atomic E-state index is 13.2. The highest BCUT2D eigenvalue weighted by Gasteiger charge is 2.54. The summed E-state index contributed by atoms with van der Waals surface area (Å²) >= 11 is 0. The van der Waals surface area contributed by atoms with Crippen molar-refractivity contribution in [3.63, 3.8) is 0 Å². The Kier molecular flexibility index (Phi) is 3.32. The van der Waals surface area contributed by atoms with Gasteiger partial charge in [-0.2, -0.15) is 4.31 Å². The fourth-order valence-electron chi connectivity index (χ4n) is 4.10. The van der Waals surface area contributed by atoms with E-state index in [1.165, 1.54) is 4.31 Å². The van der Waals surface area contributed by atoms with Gasteiger partial charge in [0.25, 0.3) is 0 Å². The van der Waals surface area contributed by atoms with Gasteiger partial charge in [0.1, 0.15) is 0 Å². The number of carbonyl (C=O) groups excluding carboxylic acids is 1. The van der Waals surface area contributed by atoms with Crippen molar-refractivity contribution in [2.75, 3.05) is 6.54 Å². The van der Waals surface area contributed by atoms with E-state index >= 15 is 0 Å². The molecule has 2 aliphatic rings. The second-order valence-electron chi connectivity index (χ2n) is 6.50. The molecule has 0 N–H and O–H groups in total. The summed E-state index contributed by atoms with van der Waals surface area (Å²) in [5.74, 6) is 0.0966. The highest BCUT2D eigenvalue weighted by atomic mass is 32.2. The van der Waals surface area contributed by atoms with Crippen molar-refractivity contribution < 1.29 is 13.2 Å². The molecule has 1 heterocycles. The molecule has 1 saturated heterocycles. The monoisotopic (exact) mass is 329 g/mol. The molecule has 4 nitrogen and oxygen atoms in total. The zero-order valence-corrected chi connectivity index (χ0v) is 13.7. The third-order valence-electron chi connectivity index (χ3n) is 5.25. The molecule has 0 aromatic heterocycles. The maximum atomic E-state index is 13.2. The summed E-state index contributed by atoms with van der Waals surface area (Å²) in [5.41, 5.74) is -0.773. The minimum absolute atomic E-state index is 0.0966. The van der Waals surface area contributed by atoms with E-state index in [-0.39, 0.29) is 10.7 Å². The number of nitrogens with zero attached hydrogens (tertiary/aromatic N) is 1. The van der Waals surface area contributed by atoms with Crippen LogP contribution in [-0.2, 0) is 14.8 Å². The number of ketones is 1. The van der Waals surface area contributed by atoms with Crippen LogP contribution in [0.2, 0.25) is 0 Å². The number of hydrogen-bond donors (Lipinski definition) is 0. The Labute approximate surface area is 136 Å². The van der Waals surface area contributed by atoms with Gasteiger partial charge in [0.2, 0.25) is 10.0 Å². The molecule has 0 bridgehead atoms. The molecule has 2 fully saturated rings. The summed E-state index contributed by atoms with van der Waals surface area (Å²) in [6.07, 6.45) is 3.39. The minimum atomic E-state index is -3.64. The van der Waals surface area contributed by atoms with Crippen LogP contribution in [0.4, 0.5) is 0 Å². The Morgan fingerprint density at radius 2 is 1.70 bits per heavy atom. The first-order chi connectivity index (χ1) is 11.0. The van der Waals surface area contributed by atoms with Crippen LogP contribution in [0.5, 0.6) is 0 Å². The van der Waals surface area contributed by atoms with Crippen LogP contribution in [0, 0.1) is 0 Å². The van der Waals surface area contributed by atoms with Gasteiger partial charge in [-0.05, 0) is 48.6 Å². The quantitative estimate of drug-likeness (QED) is 0.850. The van der Waals surface area contributed by atoms with Gasteiger partial charge in [0.15, 0.2) is 5.78 Å². The third kappa shape index (κ3) is 2.14. The van der Waals surface area contributed by atoms with E-state index in [1.807, 2.05) is 30.3 Å². The summed E-state index contributed by atoms with van der Waals surface area (Å²) in [6, 6.07) is 12.9. The third-order valence-corrected chi connectivity index (χ3v) is 7.21. The number of carbonyl (C=O) groups is 1. The molecular formula is C18H19NO3S. The summed E-state index contributed by atoms with van der Waals surface area (Å²) in [7, 11) is -3.64. The standard InChI is InChI=1S/C18H19NO3S/c20-17-7-3-10-18(17)11-4-12-19(18)23(21,22)16-9-8-14-5-1-2-6-15(14)13-16/h1-2,5-6,8-9,13H,3-4,7,10-12H2. The number of benzene rings is 2. The molecule has 1 aliphatic heterocycles. The highest BCUT2D eigenvalue weighted by Crippen LogP contribution is 2.43. The van der Waals surface area contributed by atoms with E-state index in [0.717, 1.165) is 23.6 Å². The molecule has 0 amide bonds. The molecule has 1 atom stereocenters. The van der Waals surface area contributed by atoms with Crippen LogP contribution in [0.15, 0.2) is 47.4 Å². The lowest BCUT2D eigenvalue weighted by Gasteiger charge is -2.32. The normalized spacial score (nSPS) is 25.7. The van der Waals surface area contributed by atoms with Gasteiger partial charge in [-0.3, -0.25) is 4.79 Å². The molecule has 2 aromatic rings. The second kappa shape index (κ2) is 5.14. The minimum Gasteiger partial charge on any atom is -0.298 e.